The molecule has 0 aromatic heterocycles. The largest absolute Gasteiger partial charge is 0.584 e. The lowest BCUT2D eigenvalue weighted by atomic mass is 9.72. The minimum absolute atomic E-state index is 0.125. The van der Waals surface area contributed by atoms with Crippen molar-refractivity contribution >= 4 is 18.6 Å². The zero-order valence-electron chi connectivity index (χ0n) is 13.5. The van der Waals surface area contributed by atoms with E-state index in [-0.39, 0.29) is 11.8 Å². The lowest BCUT2D eigenvalue weighted by Gasteiger charge is -2.33. The highest BCUT2D eigenvalue weighted by Crippen LogP contribution is 2.59. The number of rotatable bonds is 0. The summed E-state index contributed by atoms with van der Waals surface area (Å²) in [4.78, 5) is 10.1. The van der Waals surface area contributed by atoms with E-state index in [1.807, 2.05) is 42.5 Å². The fraction of sp³-hybridized carbons (Fsp3) is 0.200. The summed E-state index contributed by atoms with van der Waals surface area (Å²) >= 11 is 0. The molecule has 2 aliphatic carbocycles. The number of benzene rings is 2. The van der Waals surface area contributed by atoms with Gasteiger partial charge in [-0.2, -0.15) is 0 Å². The van der Waals surface area contributed by atoms with Crippen molar-refractivity contribution in [2.45, 2.75) is 18.8 Å². The summed E-state index contributed by atoms with van der Waals surface area (Å²) in [6.07, 6.45) is 10.3. The number of hydrogen-bond acceptors (Lipinski definition) is 3. The van der Waals surface area contributed by atoms with Crippen molar-refractivity contribution in [3.05, 3.63) is 77.6 Å². The van der Waals surface area contributed by atoms with Crippen LogP contribution in [0.5, 0.6) is 5.75 Å². The van der Waals surface area contributed by atoms with Gasteiger partial charge in [0.2, 0.25) is 0 Å². The van der Waals surface area contributed by atoms with Gasteiger partial charge in [-0.1, -0.05) is 54.1 Å². The molecule has 5 rings (SSSR count). The Kier molecular flexibility index (Phi) is 3.21. The van der Waals surface area contributed by atoms with Crippen molar-refractivity contribution in [3.63, 3.8) is 0 Å². The van der Waals surface area contributed by atoms with E-state index in [9.17, 15) is 9.46 Å². The zero-order valence-corrected chi connectivity index (χ0v) is 14.4. The van der Waals surface area contributed by atoms with Crippen molar-refractivity contribution in [3.8, 4) is 5.75 Å². The summed E-state index contributed by atoms with van der Waals surface area (Å²) in [6, 6.07) is 11.7. The Morgan fingerprint density at radius 1 is 1.08 bits per heavy atom. The summed E-state index contributed by atoms with van der Waals surface area (Å²) < 4.78 is 23.3. The Hall–Kier alpha value is -2.29. The molecule has 3 aliphatic rings. The van der Waals surface area contributed by atoms with E-state index in [4.69, 9.17) is 9.05 Å². The highest BCUT2D eigenvalue weighted by molar-refractivity contribution is 7.48. The molecule has 0 radical (unpaired) electrons. The third-order valence-corrected chi connectivity index (χ3v) is 6.04. The van der Waals surface area contributed by atoms with E-state index < -0.39 is 7.82 Å². The van der Waals surface area contributed by atoms with E-state index in [0.29, 0.717) is 11.5 Å². The third-order valence-electron chi connectivity index (χ3n) is 5.17. The Morgan fingerprint density at radius 2 is 1.96 bits per heavy atom. The fourth-order valence-electron chi connectivity index (χ4n) is 4.13. The van der Waals surface area contributed by atoms with Crippen LogP contribution in [0.3, 0.4) is 0 Å². The Morgan fingerprint density at radius 3 is 2.88 bits per heavy atom. The van der Waals surface area contributed by atoms with Gasteiger partial charge < -0.3 is 9.05 Å². The second kappa shape index (κ2) is 5.35. The quantitative estimate of drug-likeness (QED) is 0.521. The second-order valence-electron chi connectivity index (χ2n) is 6.63. The number of phosphoric acid groups is 1. The third kappa shape index (κ3) is 2.37. The first kappa shape index (κ1) is 15.0. The molecule has 0 bridgehead atoms. The normalized spacial score (nSPS) is 30.0. The summed E-state index contributed by atoms with van der Waals surface area (Å²) in [5.41, 5.74) is 2.26. The topological polar surface area (TPSA) is 55.8 Å². The van der Waals surface area contributed by atoms with Crippen LogP contribution in [0.1, 0.15) is 24.3 Å². The van der Waals surface area contributed by atoms with Crippen LogP contribution >= 0.6 is 7.82 Å². The lowest BCUT2D eigenvalue weighted by molar-refractivity contribution is 0.243. The van der Waals surface area contributed by atoms with Crippen LogP contribution in [0.4, 0.5) is 0 Å². The van der Waals surface area contributed by atoms with Gasteiger partial charge in [-0.15, -0.1) is 0 Å². The molecule has 1 aliphatic heterocycles. The first-order chi connectivity index (χ1) is 12.1. The minimum Gasteiger partial charge on any atom is -0.399 e. The van der Waals surface area contributed by atoms with Gasteiger partial charge in [0.15, 0.2) is 0 Å². The highest BCUT2D eigenvalue weighted by atomic mass is 31.2. The van der Waals surface area contributed by atoms with Gasteiger partial charge >= 0.3 is 7.82 Å². The maximum atomic E-state index is 12.4. The minimum atomic E-state index is -4.20. The molecule has 0 fully saturated rings. The monoisotopic (exact) mass is 352 g/mol. The predicted molar refractivity (Wildman–Crippen MR) is 96.3 cm³/mol. The van der Waals surface area contributed by atoms with Crippen LogP contribution in [-0.4, -0.2) is 4.89 Å². The average Bonchev–Trinajstić information content (AvgIpc) is 2.73. The van der Waals surface area contributed by atoms with Gasteiger partial charge in [0.05, 0.1) is 5.92 Å². The molecule has 0 saturated heterocycles. The Bertz CT molecular complexity index is 1020. The first-order valence-electron chi connectivity index (χ1n) is 8.43. The maximum absolute atomic E-state index is 12.4. The fourth-order valence-corrected chi connectivity index (χ4v) is 5.02. The average molecular weight is 352 g/mol. The van der Waals surface area contributed by atoms with Crippen molar-refractivity contribution in [1.82, 2.24) is 0 Å². The van der Waals surface area contributed by atoms with E-state index in [0.717, 1.165) is 29.2 Å². The molecule has 2 aromatic rings. The van der Waals surface area contributed by atoms with Gasteiger partial charge in [-0.05, 0) is 35.8 Å². The smallest absolute Gasteiger partial charge is 0.399 e. The van der Waals surface area contributed by atoms with Gasteiger partial charge in [-0.3, -0.25) is 4.89 Å². The molecular formula is C20H17O4P. The van der Waals surface area contributed by atoms with Crippen molar-refractivity contribution in [1.29, 1.82) is 0 Å². The van der Waals surface area contributed by atoms with Crippen LogP contribution in [0.2, 0.25) is 0 Å². The van der Waals surface area contributed by atoms with Crippen LogP contribution in [0.25, 0.3) is 10.8 Å². The van der Waals surface area contributed by atoms with Crippen molar-refractivity contribution in [2.75, 3.05) is 0 Å². The molecule has 25 heavy (non-hydrogen) atoms. The molecule has 0 saturated carbocycles. The Labute approximate surface area is 145 Å². The van der Waals surface area contributed by atoms with Crippen LogP contribution < -0.4 is 4.52 Å². The molecule has 126 valence electrons. The molecule has 1 N–H and O–H groups in total. The highest BCUT2D eigenvalue weighted by Gasteiger charge is 2.42. The van der Waals surface area contributed by atoms with E-state index in [1.165, 1.54) is 5.57 Å². The molecular weight excluding hydrogens is 335 g/mol. The number of fused-ring (bicyclic) bond motifs is 7. The van der Waals surface area contributed by atoms with E-state index in [1.54, 1.807) is 6.07 Å². The molecule has 5 heteroatoms. The van der Waals surface area contributed by atoms with Gasteiger partial charge in [0, 0.05) is 11.5 Å². The number of allylic oxidation sites excluding steroid dienone is 6. The predicted octanol–water partition coefficient (Wildman–Crippen LogP) is 5.22. The molecule has 3 atom stereocenters. The van der Waals surface area contributed by atoms with Gasteiger partial charge in [0.25, 0.3) is 0 Å². The van der Waals surface area contributed by atoms with Gasteiger partial charge in [-0.25, -0.2) is 4.57 Å². The van der Waals surface area contributed by atoms with Crippen molar-refractivity contribution in [2.24, 2.45) is 5.92 Å². The SMILES string of the molecule is O=P1(O)OC2=CC=C3CCC=CC3[C@@H]2c2c(ccc3ccccc23)O1. The van der Waals surface area contributed by atoms with Crippen molar-refractivity contribution < 1.29 is 18.5 Å². The van der Waals surface area contributed by atoms with E-state index >= 15 is 0 Å². The Balaban J connectivity index is 1.83. The van der Waals surface area contributed by atoms with Crippen LogP contribution in [0.15, 0.2) is 72.0 Å². The first-order valence-corrected chi connectivity index (χ1v) is 9.93. The molecule has 2 aromatic carbocycles. The second-order valence-corrected chi connectivity index (χ2v) is 7.93. The molecule has 0 spiro atoms. The molecule has 0 amide bonds. The number of hydrogen-bond donors (Lipinski definition) is 1. The van der Waals surface area contributed by atoms with E-state index in [2.05, 4.69) is 12.2 Å². The number of phosphoric ester groups is 1. The molecule has 4 nitrogen and oxygen atoms in total. The van der Waals surface area contributed by atoms with Crippen LogP contribution in [0, 0.1) is 5.92 Å². The standard InChI is InChI=1S/C20H17O4P/c21-25(22)23-17-11-9-13-5-1-3-7-15(13)19(17)20-16-8-4-2-6-14(16)10-12-18(20)24-25/h1,3-5,7-12,16,20H,2,6H2,(H,21,22)/t16?,20-/m0/s1. The summed E-state index contributed by atoms with van der Waals surface area (Å²) in [6.45, 7) is 0. The lowest BCUT2D eigenvalue weighted by Crippen LogP contribution is -2.21. The maximum Gasteiger partial charge on any atom is 0.584 e. The zero-order chi connectivity index (χ0) is 17.0. The molecule has 2 unspecified atom stereocenters. The summed E-state index contributed by atoms with van der Waals surface area (Å²) in [7, 11) is -4.20. The van der Waals surface area contributed by atoms with Gasteiger partial charge in [0.1, 0.15) is 11.5 Å². The summed E-state index contributed by atoms with van der Waals surface area (Å²) in [5.74, 6) is 0.903. The summed E-state index contributed by atoms with van der Waals surface area (Å²) in [5, 5.41) is 2.11. The molecule has 1 heterocycles. The van der Waals surface area contributed by atoms with Crippen LogP contribution in [-0.2, 0) is 9.09 Å².